The molecule has 0 amide bonds. The summed E-state index contributed by atoms with van der Waals surface area (Å²) < 4.78 is 1.40. The van der Waals surface area contributed by atoms with Gasteiger partial charge in [-0.25, -0.2) is 0 Å². The lowest BCUT2D eigenvalue weighted by molar-refractivity contribution is 1.11. The Morgan fingerprint density at radius 2 is 1.64 bits per heavy atom. The SMILES string of the molecule is CCc1cc(C)c(I)c(C)c1. The number of hydrogen-bond donors (Lipinski definition) is 0. The van der Waals surface area contributed by atoms with Crippen LogP contribution in [0.1, 0.15) is 23.6 Å². The van der Waals surface area contributed by atoms with Crippen molar-refractivity contribution in [3.8, 4) is 0 Å². The molecule has 0 unspecified atom stereocenters. The zero-order valence-corrected chi connectivity index (χ0v) is 9.40. The van der Waals surface area contributed by atoms with Crippen molar-refractivity contribution in [3.63, 3.8) is 0 Å². The Morgan fingerprint density at radius 1 is 1.18 bits per heavy atom. The van der Waals surface area contributed by atoms with Crippen molar-refractivity contribution in [2.75, 3.05) is 0 Å². The number of rotatable bonds is 1. The van der Waals surface area contributed by atoms with Gasteiger partial charge in [0.25, 0.3) is 0 Å². The first-order valence-electron chi connectivity index (χ1n) is 3.90. The lowest BCUT2D eigenvalue weighted by atomic mass is 10.1. The van der Waals surface area contributed by atoms with Crippen LogP contribution in [0.15, 0.2) is 12.1 Å². The maximum atomic E-state index is 2.40. The van der Waals surface area contributed by atoms with Crippen molar-refractivity contribution in [1.82, 2.24) is 0 Å². The van der Waals surface area contributed by atoms with E-state index in [1.807, 2.05) is 0 Å². The van der Waals surface area contributed by atoms with Crippen molar-refractivity contribution >= 4 is 22.6 Å². The van der Waals surface area contributed by atoms with E-state index in [4.69, 9.17) is 0 Å². The average molecular weight is 260 g/mol. The van der Waals surface area contributed by atoms with Gasteiger partial charge in [0, 0.05) is 3.57 Å². The number of hydrogen-bond acceptors (Lipinski definition) is 0. The summed E-state index contributed by atoms with van der Waals surface area (Å²) in [6.45, 7) is 6.54. The van der Waals surface area contributed by atoms with E-state index >= 15 is 0 Å². The van der Waals surface area contributed by atoms with Crippen LogP contribution in [-0.2, 0) is 6.42 Å². The smallest absolute Gasteiger partial charge is 0.0188 e. The van der Waals surface area contributed by atoms with E-state index in [0.717, 1.165) is 6.42 Å². The van der Waals surface area contributed by atoms with Crippen LogP contribution in [0, 0.1) is 17.4 Å². The van der Waals surface area contributed by atoms with Crippen LogP contribution in [-0.4, -0.2) is 0 Å². The molecular weight excluding hydrogens is 247 g/mol. The fourth-order valence-corrected chi connectivity index (χ4v) is 1.55. The van der Waals surface area contributed by atoms with Crippen LogP contribution in [0.25, 0.3) is 0 Å². The van der Waals surface area contributed by atoms with Gasteiger partial charge in [-0.1, -0.05) is 19.1 Å². The normalized spacial score (nSPS) is 10.2. The number of halogens is 1. The maximum absolute atomic E-state index is 2.40. The summed E-state index contributed by atoms with van der Waals surface area (Å²) in [5.41, 5.74) is 4.25. The van der Waals surface area contributed by atoms with Gasteiger partial charge < -0.3 is 0 Å². The fraction of sp³-hybridized carbons (Fsp3) is 0.400. The average Bonchev–Trinajstić information content (AvgIpc) is 1.99. The van der Waals surface area contributed by atoms with Crippen LogP contribution in [0.4, 0.5) is 0 Å². The summed E-state index contributed by atoms with van der Waals surface area (Å²) in [6, 6.07) is 4.55. The van der Waals surface area contributed by atoms with Crippen molar-refractivity contribution in [2.45, 2.75) is 27.2 Å². The summed E-state index contributed by atoms with van der Waals surface area (Å²) in [6.07, 6.45) is 1.14. The standard InChI is InChI=1S/C10H13I/c1-4-9-5-7(2)10(11)8(3)6-9/h5-6H,4H2,1-3H3. The highest BCUT2D eigenvalue weighted by Gasteiger charge is 1.99. The van der Waals surface area contributed by atoms with Crippen LogP contribution < -0.4 is 0 Å². The van der Waals surface area contributed by atoms with Gasteiger partial charge in [0.05, 0.1) is 0 Å². The van der Waals surface area contributed by atoms with E-state index in [1.54, 1.807) is 0 Å². The first kappa shape index (κ1) is 9.04. The molecule has 0 heterocycles. The molecule has 1 aromatic carbocycles. The molecule has 1 rings (SSSR count). The molecular formula is C10H13I. The Bertz CT molecular complexity index is 241. The van der Waals surface area contributed by atoms with Gasteiger partial charge in [-0.05, 0) is 59.5 Å². The lowest BCUT2D eigenvalue weighted by Crippen LogP contribution is -1.89. The monoisotopic (exact) mass is 260 g/mol. The third-order valence-corrected chi connectivity index (χ3v) is 3.61. The molecule has 0 radical (unpaired) electrons. The van der Waals surface area contributed by atoms with E-state index in [2.05, 4.69) is 55.5 Å². The Labute approximate surface area is 82.2 Å². The largest absolute Gasteiger partial charge is 0.0613 e. The van der Waals surface area contributed by atoms with Gasteiger partial charge in [-0.15, -0.1) is 0 Å². The summed E-state index contributed by atoms with van der Waals surface area (Å²) in [5, 5.41) is 0. The van der Waals surface area contributed by atoms with Crippen molar-refractivity contribution in [3.05, 3.63) is 32.4 Å². The van der Waals surface area contributed by atoms with Gasteiger partial charge in [0.15, 0.2) is 0 Å². The molecule has 0 aliphatic heterocycles. The predicted octanol–water partition coefficient (Wildman–Crippen LogP) is 3.47. The van der Waals surface area contributed by atoms with Gasteiger partial charge >= 0.3 is 0 Å². The van der Waals surface area contributed by atoms with Gasteiger partial charge in [-0.2, -0.15) is 0 Å². The first-order chi connectivity index (χ1) is 5.15. The second-order valence-corrected chi connectivity index (χ2v) is 3.98. The first-order valence-corrected chi connectivity index (χ1v) is 4.98. The molecule has 0 spiro atoms. The maximum Gasteiger partial charge on any atom is 0.0188 e. The summed E-state index contributed by atoms with van der Waals surface area (Å²) in [7, 11) is 0. The highest BCUT2D eigenvalue weighted by atomic mass is 127. The van der Waals surface area contributed by atoms with Crippen molar-refractivity contribution in [1.29, 1.82) is 0 Å². The Kier molecular flexibility index (Phi) is 2.93. The summed E-state index contributed by atoms with van der Waals surface area (Å²) in [5.74, 6) is 0. The minimum Gasteiger partial charge on any atom is -0.0613 e. The Hall–Kier alpha value is -0.0500. The van der Waals surface area contributed by atoms with E-state index in [0.29, 0.717) is 0 Å². The molecule has 1 aromatic rings. The van der Waals surface area contributed by atoms with E-state index in [-0.39, 0.29) is 0 Å². The Balaban J connectivity index is 3.21. The van der Waals surface area contributed by atoms with Gasteiger partial charge in [-0.3, -0.25) is 0 Å². The third kappa shape index (κ3) is 1.95. The van der Waals surface area contributed by atoms with Crippen molar-refractivity contribution < 1.29 is 0 Å². The second-order valence-electron chi connectivity index (χ2n) is 2.90. The van der Waals surface area contributed by atoms with E-state index in [9.17, 15) is 0 Å². The minimum atomic E-state index is 1.14. The van der Waals surface area contributed by atoms with Crippen molar-refractivity contribution in [2.24, 2.45) is 0 Å². The minimum absolute atomic E-state index is 1.14. The van der Waals surface area contributed by atoms with Crippen LogP contribution in [0.2, 0.25) is 0 Å². The topological polar surface area (TPSA) is 0 Å². The Morgan fingerprint density at radius 3 is 2.00 bits per heavy atom. The van der Waals surface area contributed by atoms with E-state index in [1.165, 1.54) is 20.3 Å². The van der Waals surface area contributed by atoms with Crippen LogP contribution >= 0.6 is 22.6 Å². The molecule has 0 saturated heterocycles. The zero-order valence-electron chi connectivity index (χ0n) is 7.24. The number of benzene rings is 1. The van der Waals surface area contributed by atoms with Gasteiger partial charge in [0.2, 0.25) is 0 Å². The molecule has 60 valence electrons. The highest BCUT2D eigenvalue weighted by molar-refractivity contribution is 14.1. The molecule has 0 aliphatic carbocycles. The zero-order chi connectivity index (χ0) is 8.43. The van der Waals surface area contributed by atoms with Crippen LogP contribution in [0.3, 0.4) is 0 Å². The molecule has 0 saturated carbocycles. The molecule has 0 aromatic heterocycles. The number of aryl methyl sites for hydroxylation is 3. The quantitative estimate of drug-likeness (QED) is 0.678. The molecule has 0 atom stereocenters. The molecule has 0 bridgehead atoms. The molecule has 0 N–H and O–H groups in total. The summed E-state index contributed by atoms with van der Waals surface area (Å²) >= 11 is 2.40. The summed E-state index contributed by atoms with van der Waals surface area (Å²) in [4.78, 5) is 0. The van der Waals surface area contributed by atoms with Gasteiger partial charge in [0.1, 0.15) is 0 Å². The highest BCUT2D eigenvalue weighted by Crippen LogP contribution is 2.18. The third-order valence-electron chi connectivity index (χ3n) is 1.90. The lowest BCUT2D eigenvalue weighted by Gasteiger charge is -2.05. The fourth-order valence-electron chi connectivity index (χ4n) is 1.24. The predicted molar refractivity (Wildman–Crippen MR) is 58.0 cm³/mol. The molecule has 0 aliphatic rings. The second kappa shape index (κ2) is 3.57. The van der Waals surface area contributed by atoms with E-state index < -0.39 is 0 Å². The van der Waals surface area contributed by atoms with Crippen LogP contribution in [0.5, 0.6) is 0 Å². The molecule has 0 nitrogen and oxygen atoms in total. The molecule has 1 heteroatoms. The molecule has 0 fully saturated rings. The molecule has 11 heavy (non-hydrogen) atoms.